The van der Waals surface area contributed by atoms with Crippen LogP contribution in [0.5, 0.6) is 0 Å². The fourth-order valence-corrected chi connectivity index (χ4v) is 2.35. The summed E-state index contributed by atoms with van der Waals surface area (Å²) in [6, 6.07) is 8.36. The number of hydrogen-bond donors (Lipinski definition) is 1. The Morgan fingerprint density at radius 3 is 2.47 bits per heavy atom. The van der Waals surface area contributed by atoms with Gasteiger partial charge in [-0.15, -0.1) is 0 Å². The maximum atomic E-state index is 12.0. The third-order valence-corrected chi connectivity index (χ3v) is 4.44. The van der Waals surface area contributed by atoms with Gasteiger partial charge in [0.15, 0.2) is 0 Å². The van der Waals surface area contributed by atoms with Crippen molar-refractivity contribution in [2.45, 2.75) is 39.7 Å². The zero-order valence-electron chi connectivity index (χ0n) is 12.4. The largest absolute Gasteiger partial charge is 0.325 e. The SMILES string of the molecule is Cc1ccc(NC(=O)CN(C)C(C)C2(C)CC2)cc1. The van der Waals surface area contributed by atoms with E-state index >= 15 is 0 Å². The second-order valence-electron chi connectivity index (χ2n) is 6.16. The summed E-state index contributed by atoms with van der Waals surface area (Å²) in [7, 11) is 2.03. The van der Waals surface area contributed by atoms with Crippen molar-refractivity contribution in [1.82, 2.24) is 4.90 Å². The topological polar surface area (TPSA) is 32.3 Å². The number of anilines is 1. The van der Waals surface area contributed by atoms with E-state index < -0.39 is 0 Å². The summed E-state index contributed by atoms with van der Waals surface area (Å²) in [5.74, 6) is 0.0578. The van der Waals surface area contributed by atoms with Crippen LogP contribution < -0.4 is 5.32 Å². The van der Waals surface area contributed by atoms with E-state index in [-0.39, 0.29) is 5.91 Å². The van der Waals surface area contributed by atoms with Gasteiger partial charge in [0.25, 0.3) is 0 Å². The van der Waals surface area contributed by atoms with E-state index in [1.165, 1.54) is 18.4 Å². The van der Waals surface area contributed by atoms with Gasteiger partial charge in [0.05, 0.1) is 6.54 Å². The van der Waals surface area contributed by atoms with Crippen LogP contribution in [0.1, 0.15) is 32.3 Å². The molecule has 0 heterocycles. The Morgan fingerprint density at radius 2 is 1.95 bits per heavy atom. The smallest absolute Gasteiger partial charge is 0.238 e. The highest BCUT2D eigenvalue weighted by molar-refractivity contribution is 5.92. The van der Waals surface area contributed by atoms with Gasteiger partial charge in [-0.05, 0) is 51.3 Å². The van der Waals surface area contributed by atoms with Crippen LogP contribution in [-0.2, 0) is 4.79 Å². The Morgan fingerprint density at radius 1 is 1.37 bits per heavy atom. The summed E-state index contributed by atoms with van der Waals surface area (Å²) in [6.07, 6.45) is 2.55. The fourth-order valence-electron chi connectivity index (χ4n) is 2.35. The Hall–Kier alpha value is -1.35. The van der Waals surface area contributed by atoms with Gasteiger partial charge in [0.2, 0.25) is 5.91 Å². The van der Waals surface area contributed by atoms with Gasteiger partial charge >= 0.3 is 0 Å². The molecule has 0 radical (unpaired) electrons. The molecule has 1 aromatic carbocycles. The predicted octanol–water partition coefficient (Wildman–Crippen LogP) is 3.05. The van der Waals surface area contributed by atoms with E-state index in [0.29, 0.717) is 18.0 Å². The molecule has 0 bridgehead atoms. The first-order valence-corrected chi connectivity index (χ1v) is 6.97. The number of nitrogens with zero attached hydrogens (tertiary/aromatic N) is 1. The molecule has 19 heavy (non-hydrogen) atoms. The van der Waals surface area contributed by atoms with Gasteiger partial charge in [-0.2, -0.15) is 0 Å². The van der Waals surface area contributed by atoms with Crippen molar-refractivity contribution in [1.29, 1.82) is 0 Å². The highest BCUT2D eigenvalue weighted by Gasteiger charge is 2.44. The van der Waals surface area contributed by atoms with E-state index in [4.69, 9.17) is 0 Å². The molecule has 1 atom stereocenters. The molecule has 1 amide bonds. The van der Waals surface area contributed by atoms with E-state index in [2.05, 4.69) is 24.1 Å². The van der Waals surface area contributed by atoms with Crippen LogP contribution in [0.15, 0.2) is 24.3 Å². The minimum absolute atomic E-state index is 0.0578. The van der Waals surface area contributed by atoms with Crippen LogP contribution in [0.3, 0.4) is 0 Å². The van der Waals surface area contributed by atoms with Crippen molar-refractivity contribution in [3.05, 3.63) is 29.8 Å². The third kappa shape index (κ3) is 3.57. The van der Waals surface area contributed by atoms with Gasteiger partial charge in [0, 0.05) is 11.7 Å². The molecule has 0 aliphatic heterocycles. The molecule has 0 saturated heterocycles. The standard InChI is InChI=1S/C16H24N2O/c1-12-5-7-14(8-6-12)17-15(19)11-18(4)13(2)16(3)9-10-16/h5-8,13H,9-11H2,1-4H3,(H,17,19). The number of carbonyl (C=O) groups is 1. The minimum Gasteiger partial charge on any atom is -0.325 e. The lowest BCUT2D eigenvalue weighted by Crippen LogP contribution is -2.40. The molecule has 1 aliphatic carbocycles. The summed E-state index contributed by atoms with van der Waals surface area (Å²) < 4.78 is 0. The van der Waals surface area contributed by atoms with Crippen molar-refractivity contribution in [3.8, 4) is 0 Å². The molecule has 2 rings (SSSR count). The lowest BCUT2D eigenvalue weighted by Gasteiger charge is -2.29. The normalized spacial score (nSPS) is 18.2. The lowest BCUT2D eigenvalue weighted by atomic mass is 9.99. The number of amides is 1. The average Bonchev–Trinajstić information content (AvgIpc) is 3.10. The van der Waals surface area contributed by atoms with Crippen molar-refractivity contribution >= 4 is 11.6 Å². The first kappa shape index (κ1) is 14.1. The number of hydrogen-bond acceptors (Lipinski definition) is 2. The summed E-state index contributed by atoms with van der Waals surface area (Å²) >= 11 is 0. The zero-order valence-corrected chi connectivity index (χ0v) is 12.4. The molecule has 104 valence electrons. The van der Waals surface area contributed by atoms with Gasteiger partial charge in [-0.1, -0.05) is 24.6 Å². The second-order valence-corrected chi connectivity index (χ2v) is 6.16. The summed E-state index contributed by atoms with van der Waals surface area (Å²) in [5.41, 5.74) is 2.48. The van der Waals surface area contributed by atoms with Crippen LogP contribution in [0.2, 0.25) is 0 Å². The first-order valence-electron chi connectivity index (χ1n) is 6.97. The highest BCUT2D eigenvalue weighted by atomic mass is 16.2. The molecule has 1 aliphatic rings. The molecular weight excluding hydrogens is 236 g/mol. The van der Waals surface area contributed by atoms with E-state index in [9.17, 15) is 4.79 Å². The maximum Gasteiger partial charge on any atom is 0.238 e. The van der Waals surface area contributed by atoms with Gasteiger partial charge in [-0.25, -0.2) is 0 Å². The number of rotatable bonds is 5. The number of carbonyl (C=O) groups excluding carboxylic acids is 1. The van der Waals surface area contributed by atoms with Crippen LogP contribution in [0.25, 0.3) is 0 Å². The second kappa shape index (κ2) is 5.33. The Balaban J connectivity index is 1.85. The van der Waals surface area contributed by atoms with E-state index in [1.807, 2.05) is 38.2 Å². The summed E-state index contributed by atoms with van der Waals surface area (Å²) in [4.78, 5) is 14.2. The predicted molar refractivity (Wildman–Crippen MR) is 79.2 cm³/mol. The van der Waals surface area contributed by atoms with Crippen LogP contribution in [0.4, 0.5) is 5.69 Å². The molecular formula is C16H24N2O. The number of aryl methyl sites for hydroxylation is 1. The molecule has 1 aromatic rings. The van der Waals surface area contributed by atoms with Crippen LogP contribution >= 0.6 is 0 Å². The van der Waals surface area contributed by atoms with Crippen molar-refractivity contribution < 1.29 is 4.79 Å². The van der Waals surface area contributed by atoms with Crippen molar-refractivity contribution in [2.24, 2.45) is 5.41 Å². The zero-order chi connectivity index (χ0) is 14.0. The molecule has 1 N–H and O–H groups in total. The molecule has 1 fully saturated rings. The molecule has 1 unspecified atom stereocenters. The Labute approximate surface area is 116 Å². The van der Waals surface area contributed by atoms with Crippen LogP contribution in [0, 0.1) is 12.3 Å². The summed E-state index contributed by atoms with van der Waals surface area (Å²) in [5, 5.41) is 2.95. The molecule has 3 nitrogen and oxygen atoms in total. The number of benzene rings is 1. The molecule has 3 heteroatoms. The average molecular weight is 260 g/mol. The fraction of sp³-hybridized carbons (Fsp3) is 0.562. The van der Waals surface area contributed by atoms with Crippen molar-refractivity contribution in [3.63, 3.8) is 0 Å². The maximum absolute atomic E-state index is 12.0. The third-order valence-electron chi connectivity index (χ3n) is 4.44. The van der Waals surface area contributed by atoms with Gasteiger partial charge in [-0.3, -0.25) is 9.69 Å². The monoisotopic (exact) mass is 260 g/mol. The van der Waals surface area contributed by atoms with Gasteiger partial charge in [0.1, 0.15) is 0 Å². The van der Waals surface area contributed by atoms with Gasteiger partial charge < -0.3 is 5.32 Å². The highest BCUT2D eigenvalue weighted by Crippen LogP contribution is 2.49. The molecule has 0 spiro atoms. The number of nitrogens with one attached hydrogen (secondary N) is 1. The lowest BCUT2D eigenvalue weighted by molar-refractivity contribution is -0.117. The molecule has 1 saturated carbocycles. The Bertz CT molecular complexity index is 448. The Kier molecular flexibility index (Phi) is 3.95. The van der Waals surface area contributed by atoms with Crippen molar-refractivity contribution in [2.75, 3.05) is 18.9 Å². The van der Waals surface area contributed by atoms with E-state index in [1.54, 1.807) is 0 Å². The van der Waals surface area contributed by atoms with E-state index in [0.717, 1.165) is 5.69 Å². The molecule has 0 aromatic heterocycles. The summed E-state index contributed by atoms with van der Waals surface area (Å²) in [6.45, 7) is 7.00. The first-order chi connectivity index (χ1) is 8.90. The number of likely N-dealkylation sites (N-methyl/N-ethyl adjacent to an activating group) is 1. The quantitative estimate of drug-likeness (QED) is 0.882. The minimum atomic E-state index is 0.0578. The van der Waals surface area contributed by atoms with Crippen LogP contribution in [-0.4, -0.2) is 30.4 Å².